The van der Waals surface area contributed by atoms with Crippen LogP contribution in [-0.2, 0) is 9.59 Å². The Kier molecular flexibility index (Phi) is 6.25. The summed E-state index contributed by atoms with van der Waals surface area (Å²) in [5.41, 5.74) is 2.53. The smallest absolute Gasteiger partial charge is 0.246 e. The molecule has 2 amide bonds. The quantitative estimate of drug-likeness (QED) is 0.581. The van der Waals surface area contributed by atoms with Crippen LogP contribution in [0.3, 0.4) is 0 Å². The van der Waals surface area contributed by atoms with Gasteiger partial charge in [0, 0.05) is 29.4 Å². The van der Waals surface area contributed by atoms with Gasteiger partial charge in [-0.1, -0.05) is 44.2 Å². The first kappa shape index (κ1) is 21.6. The molecule has 0 radical (unpaired) electrons. The number of methoxy groups -OCH3 is 1. The highest BCUT2D eigenvalue weighted by atomic mass is 16.5. The molecule has 0 aliphatic heterocycles. The molecule has 1 aromatic heterocycles. The Morgan fingerprint density at radius 1 is 1.12 bits per heavy atom. The number of ether oxygens (including phenoxy) is 1. The van der Waals surface area contributed by atoms with Crippen molar-refractivity contribution in [3.05, 3.63) is 60.8 Å². The third kappa shape index (κ3) is 4.82. The number of carbonyl (C=O) groups is 2. The minimum absolute atomic E-state index is 0.00567. The second-order valence-electron chi connectivity index (χ2n) is 8.28. The molecule has 0 atom stereocenters. The summed E-state index contributed by atoms with van der Waals surface area (Å²) >= 11 is 0. The summed E-state index contributed by atoms with van der Waals surface area (Å²) in [4.78, 5) is 31.9. The van der Waals surface area contributed by atoms with Crippen molar-refractivity contribution in [3.63, 3.8) is 0 Å². The van der Waals surface area contributed by atoms with Gasteiger partial charge in [-0.15, -0.1) is 0 Å². The Balaban J connectivity index is 1.61. The monoisotopic (exact) mass is 432 g/mol. The van der Waals surface area contributed by atoms with E-state index >= 15 is 0 Å². The van der Waals surface area contributed by atoms with Crippen LogP contribution in [0.4, 0.5) is 5.95 Å². The molecule has 1 N–H and O–H groups in total. The van der Waals surface area contributed by atoms with Crippen molar-refractivity contribution in [1.29, 1.82) is 0 Å². The van der Waals surface area contributed by atoms with E-state index in [4.69, 9.17) is 4.74 Å². The maximum atomic E-state index is 12.9. The fourth-order valence-electron chi connectivity index (χ4n) is 3.58. The first-order valence-corrected chi connectivity index (χ1v) is 10.9. The van der Waals surface area contributed by atoms with Crippen LogP contribution in [0.5, 0.6) is 5.75 Å². The molecule has 0 bridgehead atoms. The number of anilines is 1. The third-order valence-corrected chi connectivity index (χ3v) is 5.46. The molecule has 0 saturated heterocycles. The molecule has 3 aromatic rings. The number of nitrogens with one attached hydrogen (secondary N) is 1. The van der Waals surface area contributed by atoms with Crippen LogP contribution >= 0.6 is 0 Å². The van der Waals surface area contributed by atoms with Gasteiger partial charge in [-0.25, -0.2) is 4.98 Å². The van der Waals surface area contributed by atoms with Crippen LogP contribution < -0.4 is 10.1 Å². The van der Waals surface area contributed by atoms with Crippen LogP contribution in [0.1, 0.15) is 26.7 Å². The van der Waals surface area contributed by atoms with E-state index in [1.54, 1.807) is 12.0 Å². The Morgan fingerprint density at radius 3 is 2.41 bits per heavy atom. The van der Waals surface area contributed by atoms with Crippen LogP contribution in [0.15, 0.2) is 60.8 Å². The lowest BCUT2D eigenvalue weighted by molar-refractivity contribution is -0.138. The Hall–Kier alpha value is -3.61. The fraction of sp³-hybridized carbons (Fsp3) is 0.320. The van der Waals surface area contributed by atoms with E-state index in [0.717, 1.165) is 35.5 Å². The zero-order chi connectivity index (χ0) is 22.7. The molecule has 1 saturated carbocycles. The van der Waals surface area contributed by atoms with Crippen LogP contribution in [0.25, 0.3) is 16.9 Å². The standard InChI is InChI=1S/C25H28N4O3/c1-17(2)24(31)28(19-9-10-19)16-23(30)27-25-26-22(18-7-5-4-6-8-18)15-29(25)20-11-13-21(32-3)14-12-20/h4-8,11-15,17,19H,9-10,16H2,1-3H3,(H,26,27,30). The van der Waals surface area contributed by atoms with Gasteiger partial charge in [0.15, 0.2) is 0 Å². The second kappa shape index (κ2) is 9.26. The maximum Gasteiger partial charge on any atom is 0.246 e. The molecule has 32 heavy (non-hydrogen) atoms. The third-order valence-electron chi connectivity index (χ3n) is 5.46. The molecular formula is C25H28N4O3. The maximum absolute atomic E-state index is 12.9. The summed E-state index contributed by atoms with van der Waals surface area (Å²) in [6.45, 7) is 3.74. The van der Waals surface area contributed by atoms with Crippen molar-refractivity contribution in [1.82, 2.24) is 14.5 Å². The molecular weight excluding hydrogens is 404 g/mol. The van der Waals surface area contributed by atoms with Crippen LogP contribution in [0.2, 0.25) is 0 Å². The molecule has 2 aromatic carbocycles. The van der Waals surface area contributed by atoms with E-state index < -0.39 is 0 Å². The van der Waals surface area contributed by atoms with Crippen molar-refractivity contribution < 1.29 is 14.3 Å². The summed E-state index contributed by atoms with van der Waals surface area (Å²) < 4.78 is 7.09. The van der Waals surface area contributed by atoms with Gasteiger partial charge >= 0.3 is 0 Å². The number of imidazole rings is 1. The summed E-state index contributed by atoms with van der Waals surface area (Å²) in [7, 11) is 1.62. The first-order valence-electron chi connectivity index (χ1n) is 10.9. The average Bonchev–Trinajstić information content (AvgIpc) is 3.57. The number of hydrogen-bond acceptors (Lipinski definition) is 4. The topological polar surface area (TPSA) is 76.5 Å². The van der Waals surface area contributed by atoms with E-state index in [0.29, 0.717) is 5.95 Å². The van der Waals surface area contributed by atoms with E-state index in [-0.39, 0.29) is 30.3 Å². The van der Waals surface area contributed by atoms with E-state index in [2.05, 4.69) is 10.3 Å². The highest BCUT2D eigenvalue weighted by Crippen LogP contribution is 2.29. The van der Waals surface area contributed by atoms with Gasteiger partial charge < -0.3 is 9.64 Å². The first-order chi connectivity index (χ1) is 15.5. The zero-order valence-electron chi connectivity index (χ0n) is 18.6. The van der Waals surface area contributed by atoms with Gasteiger partial charge in [0.1, 0.15) is 12.3 Å². The minimum Gasteiger partial charge on any atom is -0.497 e. The summed E-state index contributed by atoms with van der Waals surface area (Å²) in [5, 5.41) is 2.92. The Bertz CT molecular complexity index is 1090. The largest absolute Gasteiger partial charge is 0.497 e. The molecule has 1 aliphatic rings. The van der Waals surface area contributed by atoms with Crippen molar-refractivity contribution in [2.24, 2.45) is 5.92 Å². The molecule has 1 heterocycles. The Morgan fingerprint density at radius 2 is 1.81 bits per heavy atom. The van der Waals surface area contributed by atoms with Gasteiger partial charge in [-0.3, -0.25) is 19.5 Å². The Labute approximate surface area is 188 Å². The zero-order valence-corrected chi connectivity index (χ0v) is 18.6. The summed E-state index contributed by atoms with van der Waals surface area (Å²) in [6.07, 6.45) is 3.79. The van der Waals surface area contributed by atoms with Crippen molar-refractivity contribution in [2.45, 2.75) is 32.7 Å². The molecule has 1 fully saturated rings. The number of aromatic nitrogens is 2. The minimum atomic E-state index is -0.258. The lowest BCUT2D eigenvalue weighted by Crippen LogP contribution is -2.41. The molecule has 0 spiro atoms. The molecule has 7 nitrogen and oxygen atoms in total. The fourth-order valence-corrected chi connectivity index (χ4v) is 3.58. The van der Waals surface area contributed by atoms with Crippen LogP contribution in [0, 0.1) is 5.92 Å². The van der Waals surface area contributed by atoms with Crippen molar-refractivity contribution >= 4 is 17.8 Å². The number of hydrogen-bond donors (Lipinski definition) is 1. The normalized spacial score (nSPS) is 13.1. The lowest BCUT2D eigenvalue weighted by atomic mass is 10.2. The van der Waals surface area contributed by atoms with Gasteiger partial charge in [0.25, 0.3) is 0 Å². The second-order valence-corrected chi connectivity index (χ2v) is 8.28. The number of nitrogens with zero attached hydrogens (tertiary/aromatic N) is 3. The van der Waals surface area contributed by atoms with Crippen molar-refractivity contribution in [3.8, 4) is 22.7 Å². The summed E-state index contributed by atoms with van der Waals surface area (Å²) in [5.74, 6) is 0.758. The lowest BCUT2D eigenvalue weighted by Gasteiger charge is -2.23. The number of carbonyl (C=O) groups excluding carboxylic acids is 2. The predicted octanol–water partition coefficient (Wildman–Crippen LogP) is 4.13. The molecule has 0 unspecified atom stereocenters. The molecule has 7 heteroatoms. The van der Waals surface area contributed by atoms with Gasteiger partial charge in [0.2, 0.25) is 17.8 Å². The van der Waals surface area contributed by atoms with Gasteiger partial charge in [0.05, 0.1) is 12.8 Å². The number of amides is 2. The van der Waals surface area contributed by atoms with E-state index in [9.17, 15) is 9.59 Å². The van der Waals surface area contributed by atoms with E-state index in [1.807, 2.05) is 79.2 Å². The van der Waals surface area contributed by atoms with Gasteiger partial charge in [-0.2, -0.15) is 0 Å². The predicted molar refractivity (Wildman–Crippen MR) is 124 cm³/mol. The molecule has 166 valence electrons. The SMILES string of the molecule is COc1ccc(-n2cc(-c3ccccc3)nc2NC(=O)CN(C(=O)C(C)C)C2CC2)cc1. The molecule has 1 aliphatic carbocycles. The number of benzene rings is 2. The highest BCUT2D eigenvalue weighted by Gasteiger charge is 2.34. The van der Waals surface area contributed by atoms with E-state index in [1.165, 1.54) is 0 Å². The highest BCUT2D eigenvalue weighted by molar-refractivity contribution is 5.94. The number of rotatable bonds is 8. The van der Waals surface area contributed by atoms with Gasteiger partial charge in [-0.05, 0) is 37.1 Å². The summed E-state index contributed by atoms with van der Waals surface area (Å²) in [6, 6.07) is 17.5. The van der Waals surface area contributed by atoms with Crippen molar-refractivity contribution in [2.75, 3.05) is 19.0 Å². The average molecular weight is 433 g/mol. The molecule has 4 rings (SSSR count). The van der Waals surface area contributed by atoms with Crippen LogP contribution in [-0.4, -0.2) is 46.0 Å².